The molecular formula is C16H26ClN3O4S. The van der Waals surface area contributed by atoms with Crippen LogP contribution in [-0.4, -0.2) is 62.8 Å². The highest BCUT2D eigenvalue weighted by atomic mass is 35.5. The number of halogens is 1. The van der Waals surface area contributed by atoms with Gasteiger partial charge in [0.2, 0.25) is 10.0 Å². The molecule has 2 aliphatic heterocycles. The second kappa shape index (κ2) is 8.07. The van der Waals surface area contributed by atoms with Crippen molar-refractivity contribution in [2.45, 2.75) is 43.5 Å². The van der Waals surface area contributed by atoms with Gasteiger partial charge >= 0.3 is 0 Å². The molecule has 3 heterocycles. The topological polar surface area (TPSA) is 82.9 Å². The van der Waals surface area contributed by atoms with Gasteiger partial charge in [-0.05, 0) is 45.7 Å². The van der Waals surface area contributed by atoms with Crippen LogP contribution in [-0.2, 0) is 10.0 Å². The van der Waals surface area contributed by atoms with Crippen molar-refractivity contribution in [3.05, 3.63) is 17.6 Å². The van der Waals surface area contributed by atoms with E-state index in [1.165, 1.54) is 10.4 Å². The van der Waals surface area contributed by atoms with Crippen molar-refractivity contribution in [3.63, 3.8) is 0 Å². The fourth-order valence-electron chi connectivity index (χ4n) is 3.43. The first-order chi connectivity index (χ1) is 11.4. The molecule has 1 amide bonds. The van der Waals surface area contributed by atoms with Crippen LogP contribution >= 0.6 is 12.4 Å². The van der Waals surface area contributed by atoms with Crippen LogP contribution in [0.2, 0.25) is 0 Å². The number of nitrogens with one attached hydrogen (secondary N) is 1. The maximum absolute atomic E-state index is 12.7. The zero-order valence-electron chi connectivity index (χ0n) is 14.7. The van der Waals surface area contributed by atoms with Crippen LogP contribution in [0.15, 0.2) is 15.4 Å². The van der Waals surface area contributed by atoms with E-state index in [0.29, 0.717) is 13.1 Å². The quantitative estimate of drug-likeness (QED) is 0.843. The number of hydrogen-bond donors (Lipinski definition) is 1. The molecule has 0 atom stereocenters. The average molecular weight is 392 g/mol. The van der Waals surface area contributed by atoms with E-state index in [2.05, 4.69) is 5.32 Å². The van der Waals surface area contributed by atoms with Gasteiger partial charge in [-0.3, -0.25) is 4.79 Å². The molecule has 2 aliphatic rings. The monoisotopic (exact) mass is 391 g/mol. The first-order valence-electron chi connectivity index (χ1n) is 8.49. The summed E-state index contributed by atoms with van der Waals surface area (Å²) in [6.07, 6.45) is 3.53. The molecule has 1 N–H and O–H groups in total. The van der Waals surface area contributed by atoms with Crippen LogP contribution in [0.25, 0.3) is 0 Å². The summed E-state index contributed by atoms with van der Waals surface area (Å²) in [6.45, 7) is 4.43. The summed E-state index contributed by atoms with van der Waals surface area (Å²) in [5.74, 6) is 0.128. The maximum atomic E-state index is 12.7. The summed E-state index contributed by atoms with van der Waals surface area (Å²) >= 11 is 0. The lowest BCUT2D eigenvalue weighted by molar-refractivity contribution is 0.0669. The summed E-state index contributed by atoms with van der Waals surface area (Å²) in [5, 5.41) is 3.27. The summed E-state index contributed by atoms with van der Waals surface area (Å²) in [6, 6.07) is 1.55. The van der Waals surface area contributed by atoms with Gasteiger partial charge in [-0.15, -0.1) is 12.4 Å². The van der Waals surface area contributed by atoms with Crippen LogP contribution in [0, 0.1) is 6.92 Å². The Labute approximate surface area is 155 Å². The lowest BCUT2D eigenvalue weighted by Crippen LogP contribution is -2.43. The lowest BCUT2D eigenvalue weighted by Gasteiger charge is -2.31. The Morgan fingerprint density at radius 2 is 1.88 bits per heavy atom. The van der Waals surface area contributed by atoms with E-state index in [0.717, 1.165) is 38.8 Å². The van der Waals surface area contributed by atoms with E-state index in [1.54, 1.807) is 18.9 Å². The fourth-order valence-corrected chi connectivity index (χ4v) is 5.11. The number of hydrogen-bond acceptors (Lipinski definition) is 5. The molecule has 0 saturated carbocycles. The Morgan fingerprint density at radius 1 is 1.28 bits per heavy atom. The normalized spacial score (nSPS) is 19.6. The van der Waals surface area contributed by atoms with Gasteiger partial charge in [0, 0.05) is 32.2 Å². The third-order valence-corrected chi connectivity index (χ3v) is 6.95. The third-order valence-electron chi connectivity index (χ3n) is 4.94. The second-order valence-electron chi connectivity index (χ2n) is 6.54. The molecule has 9 heteroatoms. The SMILES string of the molecule is Cc1oc(C(=O)N(C)C2CCNCC2)cc1S(=O)(=O)N1CCCC1.Cl. The van der Waals surface area contributed by atoms with Crippen molar-refractivity contribution in [2.24, 2.45) is 0 Å². The molecule has 0 unspecified atom stereocenters. The first kappa shape index (κ1) is 20.2. The van der Waals surface area contributed by atoms with E-state index >= 15 is 0 Å². The van der Waals surface area contributed by atoms with E-state index in [9.17, 15) is 13.2 Å². The highest BCUT2D eigenvalue weighted by Gasteiger charge is 2.33. The van der Waals surface area contributed by atoms with Crippen LogP contribution in [0.1, 0.15) is 42.0 Å². The largest absolute Gasteiger partial charge is 0.455 e. The molecule has 0 radical (unpaired) electrons. The molecule has 25 heavy (non-hydrogen) atoms. The summed E-state index contributed by atoms with van der Waals surface area (Å²) in [7, 11) is -1.82. The van der Waals surface area contributed by atoms with Crippen molar-refractivity contribution < 1.29 is 17.6 Å². The summed E-state index contributed by atoms with van der Waals surface area (Å²) < 4.78 is 32.4. The molecule has 0 aliphatic carbocycles. The summed E-state index contributed by atoms with van der Waals surface area (Å²) in [4.78, 5) is 14.5. The molecule has 0 bridgehead atoms. The first-order valence-corrected chi connectivity index (χ1v) is 9.93. The van der Waals surface area contributed by atoms with E-state index in [-0.39, 0.29) is 40.8 Å². The zero-order chi connectivity index (χ0) is 17.3. The number of aryl methyl sites for hydroxylation is 1. The lowest BCUT2D eigenvalue weighted by atomic mass is 10.1. The minimum absolute atomic E-state index is 0. The molecule has 2 fully saturated rings. The van der Waals surface area contributed by atoms with Gasteiger partial charge in [-0.1, -0.05) is 0 Å². The van der Waals surface area contributed by atoms with Crippen molar-refractivity contribution in [1.29, 1.82) is 0 Å². The van der Waals surface area contributed by atoms with Gasteiger partial charge in [-0.2, -0.15) is 4.31 Å². The third kappa shape index (κ3) is 4.02. The van der Waals surface area contributed by atoms with Crippen LogP contribution in [0.4, 0.5) is 0 Å². The number of rotatable bonds is 4. The number of furan rings is 1. The Hall–Kier alpha value is -1.09. The number of amides is 1. The molecule has 1 aromatic rings. The Kier molecular flexibility index (Phi) is 6.53. The van der Waals surface area contributed by atoms with E-state index < -0.39 is 10.0 Å². The minimum Gasteiger partial charge on any atom is -0.455 e. The van der Waals surface area contributed by atoms with Crippen molar-refractivity contribution >= 4 is 28.3 Å². The van der Waals surface area contributed by atoms with Crippen LogP contribution in [0.3, 0.4) is 0 Å². The highest BCUT2D eigenvalue weighted by Crippen LogP contribution is 2.27. The van der Waals surface area contributed by atoms with E-state index in [4.69, 9.17) is 4.42 Å². The van der Waals surface area contributed by atoms with E-state index in [1.807, 2.05) is 0 Å². The predicted molar refractivity (Wildman–Crippen MR) is 96.7 cm³/mol. The Balaban J connectivity index is 0.00000225. The molecule has 142 valence electrons. The Morgan fingerprint density at radius 3 is 2.48 bits per heavy atom. The zero-order valence-corrected chi connectivity index (χ0v) is 16.3. The minimum atomic E-state index is -3.57. The van der Waals surface area contributed by atoms with Crippen LogP contribution in [0.5, 0.6) is 0 Å². The van der Waals surface area contributed by atoms with Gasteiger partial charge in [0.1, 0.15) is 10.7 Å². The van der Waals surface area contributed by atoms with Crippen LogP contribution < -0.4 is 5.32 Å². The standard InChI is InChI=1S/C16H25N3O4S.ClH/c1-12-15(24(21,22)19-9-3-4-10-19)11-14(23-12)16(20)18(2)13-5-7-17-8-6-13;/h11,13,17H,3-10H2,1-2H3;1H. The number of sulfonamides is 1. The number of carbonyl (C=O) groups is 1. The molecule has 3 rings (SSSR count). The molecule has 0 aromatic carbocycles. The van der Waals surface area contributed by atoms with Gasteiger partial charge in [-0.25, -0.2) is 8.42 Å². The number of nitrogens with zero attached hydrogens (tertiary/aromatic N) is 2. The predicted octanol–water partition coefficient (Wildman–Crippen LogP) is 1.62. The average Bonchev–Trinajstić information content (AvgIpc) is 3.24. The van der Waals surface area contributed by atoms with Gasteiger partial charge in [0.15, 0.2) is 5.76 Å². The molecule has 2 saturated heterocycles. The Bertz CT molecular complexity index is 707. The van der Waals surface area contributed by atoms with Gasteiger partial charge in [0.25, 0.3) is 5.91 Å². The molecule has 7 nitrogen and oxygen atoms in total. The van der Waals surface area contributed by atoms with Gasteiger partial charge in [0.05, 0.1) is 0 Å². The van der Waals surface area contributed by atoms with Crippen molar-refractivity contribution in [3.8, 4) is 0 Å². The smallest absolute Gasteiger partial charge is 0.289 e. The second-order valence-corrected chi connectivity index (χ2v) is 8.45. The van der Waals surface area contributed by atoms with Gasteiger partial charge < -0.3 is 14.6 Å². The summed E-state index contributed by atoms with van der Waals surface area (Å²) in [5.41, 5.74) is 0. The molecule has 1 aromatic heterocycles. The van der Waals surface area contributed by atoms with Crippen molar-refractivity contribution in [2.75, 3.05) is 33.2 Å². The fraction of sp³-hybridized carbons (Fsp3) is 0.688. The number of piperidine rings is 1. The van der Waals surface area contributed by atoms with Crippen molar-refractivity contribution in [1.82, 2.24) is 14.5 Å². The highest BCUT2D eigenvalue weighted by molar-refractivity contribution is 7.89. The maximum Gasteiger partial charge on any atom is 0.289 e. The number of carbonyl (C=O) groups excluding carboxylic acids is 1. The molecule has 0 spiro atoms. The molecular weight excluding hydrogens is 366 g/mol.